The second kappa shape index (κ2) is 4.59. The van der Waals surface area contributed by atoms with E-state index < -0.39 is 0 Å². The third-order valence-electron chi connectivity index (χ3n) is 0.372. The Morgan fingerprint density at radius 1 is 1.83 bits per heavy atom. The molecule has 0 aromatic heterocycles. The van der Waals surface area contributed by atoms with Gasteiger partial charge in [-0.05, 0) is 0 Å². The van der Waals surface area contributed by atoms with E-state index in [4.69, 9.17) is 5.73 Å². The molecule has 0 fully saturated rings. The van der Waals surface area contributed by atoms with Crippen LogP contribution in [0.1, 0.15) is 0 Å². The number of carbonyl (C=O) groups excluding carboxylic acids is 1. The minimum absolute atomic E-state index is 0.358. The highest BCUT2D eigenvalue weighted by molar-refractivity contribution is 5.51. The molecule has 0 bridgehead atoms. The van der Waals surface area contributed by atoms with Gasteiger partial charge in [0, 0.05) is 6.67 Å². The van der Waals surface area contributed by atoms with E-state index >= 15 is 0 Å². The molecule has 3 N–H and O–H groups in total. The molecule has 6 heavy (non-hydrogen) atoms. The van der Waals surface area contributed by atoms with Crippen molar-refractivity contribution in [1.82, 2.24) is 5.32 Å². The number of carbonyl (C=O) groups is 1. The molecular formula is C3H8N2O. The maximum absolute atomic E-state index is 9.45. The van der Waals surface area contributed by atoms with E-state index in [1.54, 1.807) is 0 Å². The zero-order valence-corrected chi connectivity index (χ0v) is 3.48. The van der Waals surface area contributed by atoms with E-state index in [-0.39, 0.29) is 0 Å². The standard InChI is InChI=1S/C3H8N2O/c4-3-5-1-2-6/h2,5H,1,3-4H2. The van der Waals surface area contributed by atoms with Crippen LogP contribution in [-0.4, -0.2) is 19.5 Å². The van der Waals surface area contributed by atoms with Crippen LogP contribution in [0.25, 0.3) is 0 Å². The summed E-state index contributed by atoms with van der Waals surface area (Å²) in [7, 11) is 0. The smallest absolute Gasteiger partial charge is 0.133 e. The summed E-state index contributed by atoms with van der Waals surface area (Å²) in [6, 6.07) is 0. The van der Waals surface area contributed by atoms with Crippen molar-refractivity contribution >= 4 is 6.29 Å². The van der Waals surface area contributed by atoms with Crippen LogP contribution in [0.3, 0.4) is 0 Å². The van der Waals surface area contributed by atoms with Crippen LogP contribution in [0.4, 0.5) is 0 Å². The summed E-state index contributed by atoms with van der Waals surface area (Å²) in [5.74, 6) is 0. The van der Waals surface area contributed by atoms with E-state index in [1.807, 2.05) is 0 Å². The zero-order chi connectivity index (χ0) is 4.83. The maximum Gasteiger partial charge on any atom is 0.133 e. The quantitative estimate of drug-likeness (QED) is 0.256. The van der Waals surface area contributed by atoms with E-state index in [9.17, 15) is 4.79 Å². The van der Waals surface area contributed by atoms with Crippen molar-refractivity contribution in [2.24, 2.45) is 5.73 Å². The van der Waals surface area contributed by atoms with E-state index in [0.29, 0.717) is 13.2 Å². The molecule has 0 heterocycles. The molecule has 0 saturated carbocycles. The van der Waals surface area contributed by atoms with Crippen molar-refractivity contribution in [3.8, 4) is 0 Å². The van der Waals surface area contributed by atoms with Crippen LogP contribution in [0, 0.1) is 0 Å². The minimum Gasteiger partial charge on any atom is -0.318 e. The molecule has 0 spiro atoms. The molecule has 36 valence electrons. The third kappa shape index (κ3) is 3.59. The SMILES string of the molecule is NCNCC=O. The highest BCUT2D eigenvalue weighted by atomic mass is 16.1. The van der Waals surface area contributed by atoms with Gasteiger partial charge in [0.1, 0.15) is 6.29 Å². The van der Waals surface area contributed by atoms with Gasteiger partial charge >= 0.3 is 0 Å². The fourth-order valence-electron chi connectivity index (χ4n) is 0.142. The molecule has 0 amide bonds. The molecule has 0 aromatic carbocycles. The first-order valence-electron chi connectivity index (χ1n) is 1.76. The Morgan fingerprint density at radius 2 is 2.50 bits per heavy atom. The average molecular weight is 88.1 g/mol. The molecule has 0 rings (SSSR count). The topological polar surface area (TPSA) is 55.1 Å². The Labute approximate surface area is 36.5 Å². The third-order valence-corrected chi connectivity index (χ3v) is 0.372. The van der Waals surface area contributed by atoms with E-state index in [2.05, 4.69) is 5.32 Å². The predicted molar refractivity (Wildman–Crippen MR) is 23.1 cm³/mol. The minimum atomic E-state index is 0.358. The van der Waals surface area contributed by atoms with Crippen LogP contribution in [-0.2, 0) is 4.79 Å². The summed E-state index contributed by atoms with van der Waals surface area (Å²) in [6.45, 7) is 0.731. The van der Waals surface area contributed by atoms with Crippen molar-refractivity contribution in [3.63, 3.8) is 0 Å². The largest absolute Gasteiger partial charge is 0.318 e. The van der Waals surface area contributed by atoms with Crippen molar-refractivity contribution in [1.29, 1.82) is 0 Å². The highest BCUT2D eigenvalue weighted by Gasteiger charge is 1.70. The van der Waals surface area contributed by atoms with Gasteiger partial charge < -0.3 is 10.5 Å². The van der Waals surface area contributed by atoms with Crippen LogP contribution >= 0.6 is 0 Å². The lowest BCUT2D eigenvalue weighted by Crippen LogP contribution is -2.23. The van der Waals surface area contributed by atoms with E-state index in [0.717, 1.165) is 6.29 Å². The Balaban J connectivity index is 2.49. The van der Waals surface area contributed by atoms with Crippen molar-refractivity contribution in [2.45, 2.75) is 0 Å². The van der Waals surface area contributed by atoms with Gasteiger partial charge in [0.05, 0.1) is 6.54 Å². The first-order valence-corrected chi connectivity index (χ1v) is 1.76. The lowest BCUT2D eigenvalue weighted by Gasteiger charge is -1.86. The van der Waals surface area contributed by atoms with Crippen molar-refractivity contribution < 1.29 is 4.79 Å². The Morgan fingerprint density at radius 3 is 2.67 bits per heavy atom. The summed E-state index contributed by atoms with van der Waals surface area (Å²) in [4.78, 5) is 9.45. The van der Waals surface area contributed by atoms with Gasteiger partial charge in [-0.1, -0.05) is 0 Å². The first-order chi connectivity index (χ1) is 2.91. The fourth-order valence-corrected chi connectivity index (χ4v) is 0.142. The molecule has 0 atom stereocenters. The average Bonchev–Trinajstić information content (AvgIpc) is 1.61. The molecule has 0 radical (unpaired) electrons. The summed E-state index contributed by atoms with van der Waals surface area (Å²) >= 11 is 0. The number of hydrogen-bond donors (Lipinski definition) is 2. The number of hydrogen-bond acceptors (Lipinski definition) is 3. The van der Waals surface area contributed by atoms with Crippen LogP contribution in [0.5, 0.6) is 0 Å². The first kappa shape index (κ1) is 5.59. The van der Waals surface area contributed by atoms with E-state index in [1.165, 1.54) is 0 Å². The second-order valence-corrected chi connectivity index (χ2v) is 0.825. The summed E-state index contributed by atoms with van der Waals surface area (Å²) in [6.07, 6.45) is 0.771. The van der Waals surface area contributed by atoms with Gasteiger partial charge in [0.25, 0.3) is 0 Å². The number of aldehydes is 1. The highest BCUT2D eigenvalue weighted by Crippen LogP contribution is 1.38. The Bertz CT molecular complexity index is 37.8. The molecule has 0 unspecified atom stereocenters. The van der Waals surface area contributed by atoms with Crippen molar-refractivity contribution in [3.05, 3.63) is 0 Å². The van der Waals surface area contributed by atoms with Gasteiger partial charge in [0.2, 0.25) is 0 Å². The lowest BCUT2D eigenvalue weighted by molar-refractivity contribution is -0.107. The fraction of sp³-hybridized carbons (Fsp3) is 0.667. The lowest BCUT2D eigenvalue weighted by atomic mass is 10.7. The monoisotopic (exact) mass is 88.1 g/mol. The number of rotatable bonds is 3. The molecule has 0 aliphatic heterocycles. The summed E-state index contributed by atoms with van der Waals surface area (Å²) in [5.41, 5.74) is 4.94. The Hall–Kier alpha value is -0.410. The molecule has 0 aliphatic rings. The molecule has 0 aliphatic carbocycles. The van der Waals surface area contributed by atoms with Gasteiger partial charge in [-0.25, -0.2) is 0 Å². The second-order valence-electron chi connectivity index (χ2n) is 0.825. The van der Waals surface area contributed by atoms with Gasteiger partial charge in [-0.15, -0.1) is 0 Å². The van der Waals surface area contributed by atoms with Crippen LogP contribution in [0.15, 0.2) is 0 Å². The Kier molecular flexibility index (Phi) is 4.28. The molecule has 0 aromatic rings. The number of nitrogens with two attached hydrogens (primary N) is 1. The van der Waals surface area contributed by atoms with Gasteiger partial charge in [-0.3, -0.25) is 5.32 Å². The predicted octanol–water partition coefficient (Wildman–Crippen LogP) is -1.31. The molecule has 3 heteroatoms. The van der Waals surface area contributed by atoms with Crippen LogP contribution < -0.4 is 11.1 Å². The van der Waals surface area contributed by atoms with Crippen LogP contribution in [0.2, 0.25) is 0 Å². The van der Waals surface area contributed by atoms with Gasteiger partial charge in [0.15, 0.2) is 0 Å². The molecule has 0 saturated heterocycles. The summed E-state index contributed by atoms with van der Waals surface area (Å²) in [5, 5.41) is 2.61. The van der Waals surface area contributed by atoms with Crippen molar-refractivity contribution in [2.75, 3.05) is 13.2 Å². The normalized spacial score (nSPS) is 8.17. The maximum atomic E-state index is 9.45. The zero-order valence-electron chi connectivity index (χ0n) is 3.48. The van der Waals surface area contributed by atoms with Gasteiger partial charge in [-0.2, -0.15) is 0 Å². The molecule has 3 nitrogen and oxygen atoms in total. The molecular weight excluding hydrogens is 80.0 g/mol. The number of nitrogens with one attached hydrogen (secondary N) is 1. The summed E-state index contributed by atoms with van der Waals surface area (Å²) < 4.78 is 0.